The summed E-state index contributed by atoms with van der Waals surface area (Å²) >= 11 is 0. The van der Waals surface area contributed by atoms with Gasteiger partial charge < -0.3 is 0 Å². The fourth-order valence-corrected chi connectivity index (χ4v) is 1.68. The quantitative estimate of drug-likeness (QED) is 0.537. The summed E-state index contributed by atoms with van der Waals surface area (Å²) in [6, 6.07) is 0. The van der Waals surface area contributed by atoms with Gasteiger partial charge in [0, 0.05) is 6.20 Å². The maximum atomic E-state index is 4.51. The van der Waals surface area contributed by atoms with Crippen LogP contribution >= 0.6 is 10.5 Å². The Morgan fingerprint density at radius 2 is 2.08 bits per heavy atom. The monoisotopic (exact) mass is 196 g/mol. The molecule has 1 unspecified atom stereocenters. The van der Waals surface area contributed by atoms with Crippen molar-refractivity contribution in [2.75, 3.05) is 6.26 Å². The van der Waals surface area contributed by atoms with Crippen molar-refractivity contribution in [3.8, 4) is 0 Å². The third-order valence-electron chi connectivity index (χ3n) is 1.85. The van der Waals surface area contributed by atoms with Crippen LogP contribution in [0.1, 0.15) is 31.0 Å². The molecule has 0 saturated heterocycles. The Balaban J connectivity index is 3.19. The van der Waals surface area contributed by atoms with Gasteiger partial charge >= 0.3 is 0 Å². The lowest BCUT2D eigenvalue weighted by Crippen LogP contribution is -2.00. The minimum atomic E-state index is -0.0863. The molecule has 0 saturated carbocycles. The highest BCUT2D eigenvalue weighted by Gasteiger charge is 2.07. The molecule has 1 atom stereocenters. The summed E-state index contributed by atoms with van der Waals surface area (Å²) in [5.74, 6) is 4.40. The van der Waals surface area contributed by atoms with Gasteiger partial charge in [0.2, 0.25) is 0 Å². The first-order chi connectivity index (χ1) is 6.02. The minimum absolute atomic E-state index is 0.0863. The van der Waals surface area contributed by atoms with Crippen LogP contribution in [-0.4, -0.2) is 22.1 Å². The number of rotatable bonds is 2. The van der Waals surface area contributed by atoms with Gasteiger partial charge in [0.1, 0.15) is 0 Å². The highest BCUT2D eigenvalue weighted by molar-refractivity contribution is 8.13. The first kappa shape index (κ1) is 10.4. The zero-order valence-corrected chi connectivity index (χ0v) is 9.48. The molecule has 0 aromatic carbocycles. The average molecular weight is 196 g/mol. The summed E-state index contributed by atoms with van der Waals surface area (Å²) in [6.45, 7) is 6.35. The number of hydrogen-bond acceptors (Lipinski definition) is 2. The third kappa shape index (κ3) is 2.37. The average Bonchev–Trinajstić information content (AvgIpc) is 2.04. The van der Waals surface area contributed by atoms with Crippen molar-refractivity contribution < 1.29 is 0 Å². The van der Waals surface area contributed by atoms with Gasteiger partial charge in [0.25, 0.3) is 0 Å². The molecule has 0 spiro atoms. The van der Waals surface area contributed by atoms with Gasteiger partial charge in [-0.05, 0) is 24.7 Å². The van der Waals surface area contributed by atoms with Crippen LogP contribution in [0.2, 0.25) is 0 Å². The highest BCUT2D eigenvalue weighted by atomic mass is 32.2. The Bertz CT molecular complexity index is 332. The van der Waals surface area contributed by atoms with Crippen LogP contribution in [-0.2, 0) is 0 Å². The molecule has 0 N–H and O–H groups in total. The van der Waals surface area contributed by atoms with Crippen molar-refractivity contribution in [3.05, 3.63) is 17.5 Å². The summed E-state index contributed by atoms with van der Waals surface area (Å²) < 4.78 is 0. The predicted octanol–water partition coefficient (Wildman–Crippen LogP) is 2.60. The molecule has 0 aliphatic carbocycles. The lowest BCUT2D eigenvalue weighted by atomic mass is 10.1. The summed E-state index contributed by atoms with van der Waals surface area (Å²) in [6.07, 6.45) is 3.93. The van der Waals surface area contributed by atoms with Crippen LogP contribution in [0.5, 0.6) is 0 Å². The SMILES string of the molecule is C=S(C)c1ncc(C)c(C(C)C)n1. The molecule has 0 aliphatic rings. The van der Waals surface area contributed by atoms with Crippen LogP contribution in [0.25, 0.3) is 0 Å². The van der Waals surface area contributed by atoms with Crippen LogP contribution < -0.4 is 0 Å². The van der Waals surface area contributed by atoms with E-state index in [9.17, 15) is 0 Å². The maximum Gasteiger partial charge on any atom is 0.181 e. The molecule has 0 amide bonds. The Morgan fingerprint density at radius 3 is 2.54 bits per heavy atom. The van der Waals surface area contributed by atoms with E-state index in [4.69, 9.17) is 0 Å². The van der Waals surface area contributed by atoms with E-state index in [2.05, 4.69) is 36.6 Å². The topological polar surface area (TPSA) is 25.8 Å². The lowest BCUT2D eigenvalue weighted by molar-refractivity contribution is 0.766. The van der Waals surface area contributed by atoms with E-state index < -0.39 is 0 Å². The van der Waals surface area contributed by atoms with Gasteiger partial charge in [0.05, 0.1) is 5.69 Å². The summed E-state index contributed by atoms with van der Waals surface area (Å²) in [7, 11) is -0.0863. The second-order valence-electron chi connectivity index (χ2n) is 3.51. The molecule has 0 radical (unpaired) electrons. The van der Waals surface area contributed by atoms with Crippen molar-refractivity contribution in [3.63, 3.8) is 0 Å². The largest absolute Gasteiger partial charge is 0.231 e. The standard InChI is InChI=1S/C10H16N2S/c1-7(2)9-8(3)6-11-10(12-9)13(4)5/h6-7H,4H2,1-3,5H3. The number of aromatic nitrogens is 2. The van der Waals surface area contributed by atoms with Crippen LogP contribution in [0.15, 0.2) is 11.4 Å². The number of nitrogens with zero attached hydrogens (tertiary/aromatic N) is 2. The highest BCUT2D eigenvalue weighted by Crippen LogP contribution is 2.21. The van der Waals surface area contributed by atoms with E-state index in [0.717, 1.165) is 10.9 Å². The van der Waals surface area contributed by atoms with Crippen LogP contribution in [0, 0.1) is 6.92 Å². The van der Waals surface area contributed by atoms with E-state index in [0.29, 0.717) is 5.92 Å². The van der Waals surface area contributed by atoms with Crippen molar-refractivity contribution >= 4 is 16.4 Å². The normalized spacial score (nSPS) is 13.3. The van der Waals surface area contributed by atoms with E-state index in [1.54, 1.807) is 0 Å². The Kier molecular flexibility index (Phi) is 3.20. The summed E-state index contributed by atoms with van der Waals surface area (Å²) in [5, 5.41) is 0.870. The number of aryl methyl sites for hydroxylation is 1. The first-order valence-corrected chi connectivity index (χ1v) is 6.11. The molecule has 0 aliphatic heterocycles. The maximum absolute atomic E-state index is 4.51. The Hall–Kier alpha value is -0.700. The second-order valence-corrected chi connectivity index (χ2v) is 5.15. The predicted molar refractivity (Wildman–Crippen MR) is 59.8 cm³/mol. The molecule has 1 aromatic heterocycles. The fraction of sp³-hybridized carbons (Fsp3) is 0.500. The summed E-state index contributed by atoms with van der Waals surface area (Å²) in [4.78, 5) is 8.77. The van der Waals surface area contributed by atoms with Crippen molar-refractivity contribution in [2.45, 2.75) is 31.8 Å². The van der Waals surface area contributed by atoms with Crippen LogP contribution in [0.4, 0.5) is 0 Å². The molecule has 3 heteroatoms. The number of hydrogen-bond donors (Lipinski definition) is 0. The molecule has 1 aromatic rings. The molecule has 0 fully saturated rings. The van der Waals surface area contributed by atoms with Crippen molar-refractivity contribution in [2.24, 2.45) is 0 Å². The molecule has 2 nitrogen and oxygen atoms in total. The third-order valence-corrected chi connectivity index (χ3v) is 2.67. The van der Waals surface area contributed by atoms with Gasteiger partial charge in [0.15, 0.2) is 5.16 Å². The van der Waals surface area contributed by atoms with E-state index in [1.807, 2.05) is 12.5 Å². The molecule has 1 heterocycles. The molecule has 0 bridgehead atoms. The summed E-state index contributed by atoms with van der Waals surface area (Å²) in [5.41, 5.74) is 2.32. The minimum Gasteiger partial charge on any atom is -0.231 e. The van der Waals surface area contributed by atoms with Gasteiger partial charge in [-0.15, -0.1) is 10.5 Å². The molecular formula is C10H16N2S. The zero-order valence-electron chi connectivity index (χ0n) is 8.66. The first-order valence-electron chi connectivity index (χ1n) is 4.31. The van der Waals surface area contributed by atoms with Crippen molar-refractivity contribution in [1.29, 1.82) is 0 Å². The zero-order chi connectivity index (χ0) is 10.0. The molecular weight excluding hydrogens is 180 g/mol. The van der Waals surface area contributed by atoms with Crippen molar-refractivity contribution in [1.82, 2.24) is 9.97 Å². The fourth-order valence-electron chi connectivity index (χ4n) is 1.19. The molecule has 13 heavy (non-hydrogen) atoms. The lowest BCUT2D eigenvalue weighted by Gasteiger charge is -2.09. The van der Waals surface area contributed by atoms with Gasteiger partial charge in [-0.3, -0.25) is 0 Å². The van der Waals surface area contributed by atoms with E-state index >= 15 is 0 Å². The smallest absolute Gasteiger partial charge is 0.181 e. The second kappa shape index (κ2) is 4.01. The molecule has 1 rings (SSSR count). The van der Waals surface area contributed by atoms with Gasteiger partial charge in [-0.2, -0.15) is 0 Å². The van der Waals surface area contributed by atoms with Crippen LogP contribution in [0.3, 0.4) is 0 Å². The Labute approximate surface area is 82.4 Å². The van der Waals surface area contributed by atoms with E-state index in [1.165, 1.54) is 5.56 Å². The van der Waals surface area contributed by atoms with Gasteiger partial charge in [-0.1, -0.05) is 19.7 Å². The molecule has 72 valence electrons. The van der Waals surface area contributed by atoms with Gasteiger partial charge in [-0.25, -0.2) is 9.97 Å². The van der Waals surface area contributed by atoms with E-state index in [-0.39, 0.29) is 10.5 Å². The Morgan fingerprint density at radius 1 is 1.46 bits per heavy atom.